The maximum absolute atomic E-state index is 12.0. The van der Waals surface area contributed by atoms with Gasteiger partial charge >= 0.3 is 0 Å². The minimum absolute atomic E-state index is 0.118. The molecule has 0 saturated carbocycles. The fourth-order valence-electron chi connectivity index (χ4n) is 1.62. The second-order valence-electron chi connectivity index (χ2n) is 4.16. The van der Waals surface area contributed by atoms with Crippen LogP contribution in [0.15, 0.2) is 24.3 Å². The first-order valence-corrected chi connectivity index (χ1v) is 7.88. The average Bonchev–Trinajstić information content (AvgIpc) is 2.38. The van der Waals surface area contributed by atoms with Gasteiger partial charge in [-0.2, -0.15) is 0 Å². The van der Waals surface area contributed by atoms with Crippen LogP contribution >= 0.6 is 0 Å². The molecule has 1 aromatic carbocycles. The summed E-state index contributed by atoms with van der Waals surface area (Å²) in [4.78, 5) is 0. The zero-order valence-corrected chi connectivity index (χ0v) is 12.1. The number of aryl methyl sites for hydroxylation is 1. The highest BCUT2D eigenvalue weighted by Crippen LogP contribution is 2.17. The Bertz CT molecular complexity index is 454. The number of nitrogens with zero attached hydrogens (tertiary/aromatic N) is 1. The van der Waals surface area contributed by atoms with Crippen molar-refractivity contribution in [3.05, 3.63) is 29.8 Å². The Kier molecular flexibility index (Phi) is 5.62. The number of sulfonamides is 1. The summed E-state index contributed by atoms with van der Waals surface area (Å²) in [5.74, 6) is 0.118. The van der Waals surface area contributed by atoms with Crippen LogP contribution in [-0.2, 0) is 16.4 Å². The molecule has 0 aliphatic heterocycles. The fourth-order valence-corrected chi connectivity index (χ4v) is 2.74. The molecule has 0 aromatic heterocycles. The van der Waals surface area contributed by atoms with Crippen LogP contribution in [0.3, 0.4) is 0 Å². The third kappa shape index (κ3) is 3.99. The van der Waals surface area contributed by atoms with Gasteiger partial charge in [0.1, 0.15) is 0 Å². The molecule has 1 rings (SSSR count). The molecule has 0 spiro atoms. The quantitative estimate of drug-likeness (QED) is 0.766. The van der Waals surface area contributed by atoms with Gasteiger partial charge in [0.15, 0.2) is 0 Å². The minimum Gasteiger partial charge on any atom is -0.316 e. The Morgan fingerprint density at radius 1 is 1.17 bits per heavy atom. The number of nitrogens with one attached hydrogen (secondary N) is 1. The van der Waals surface area contributed by atoms with Crippen LogP contribution in [0.25, 0.3) is 0 Å². The van der Waals surface area contributed by atoms with Crippen LogP contribution in [0.4, 0.5) is 5.69 Å². The zero-order chi connectivity index (χ0) is 13.6. The first-order chi connectivity index (χ1) is 8.51. The molecule has 1 N–H and O–H groups in total. The second-order valence-corrected chi connectivity index (χ2v) is 6.28. The molecule has 0 bridgehead atoms. The largest absolute Gasteiger partial charge is 0.316 e. The molecule has 0 amide bonds. The summed E-state index contributed by atoms with van der Waals surface area (Å²) < 4.78 is 25.4. The summed E-state index contributed by atoms with van der Waals surface area (Å²) in [7, 11) is -1.63. The Morgan fingerprint density at radius 2 is 1.78 bits per heavy atom. The Balaban J connectivity index is 2.75. The molecular formula is C13H22N2O2S. The van der Waals surface area contributed by atoms with E-state index in [1.807, 2.05) is 31.2 Å². The van der Waals surface area contributed by atoms with E-state index in [0.29, 0.717) is 12.2 Å². The van der Waals surface area contributed by atoms with Crippen molar-refractivity contribution in [3.63, 3.8) is 0 Å². The van der Waals surface area contributed by atoms with Gasteiger partial charge in [-0.05, 0) is 30.7 Å². The third-order valence-corrected chi connectivity index (χ3v) is 4.68. The normalized spacial score (nSPS) is 11.5. The highest BCUT2D eigenvalue weighted by molar-refractivity contribution is 7.92. The molecule has 4 nitrogen and oxygen atoms in total. The molecule has 0 aliphatic rings. The van der Waals surface area contributed by atoms with Crippen LogP contribution < -0.4 is 9.62 Å². The molecule has 0 unspecified atom stereocenters. The van der Waals surface area contributed by atoms with E-state index in [9.17, 15) is 8.42 Å². The van der Waals surface area contributed by atoms with Crippen molar-refractivity contribution in [3.8, 4) is 0 Å². The standard InChI is InChI=1S/C13H22N2O2S/c1-4-12-6-8-13(9-7-12)15(3)18(16,17)11-10-14-5-2/h6-9,14H,4-5,10-11H2,1-3H3. The van der Waals surface area contributed by atoms with Gasteiger partial charge in [0.05, 0.1) is 11.4 Å². The smallest absolute Gasteiger partial charge is 0.236 e. The predicted octanol–water partition coefficient (Wildman–Crippen LogP) is 1.62. The molecule has 0 fully saturated rings. The summed E-state index contributed by atoms with van der Waals surface area (Å²) in [6.45, 7) is 5.30. The molecule has 0 atom stereocenters. The lowest BCUT2D eigenvalue weighted by atomic mass is 10.1. The second kappa shape index (κ2) is 6.75. The topological polar surface area (TPSA) is 49.4 Å². The van der Waals surface area contributed by atoms with E-state index in [4.69, 9.17) is 0 Å². The van der Waals surface area contributed by atoms with Crippen LogP contribution in [0, 0.1) is 0 Å². The van der Waals surface area contributed by atoms with Crippen LogP contribution in [-0.4, -0.2) is 34.3 Å². The Morgan fingerprint density at radius 3 is 2.28 bits per heavy atom. The van der Waals surface area contributed by atoms with E-state index >= 15 is 0 Å². The SMILES string of the molecule is CCNCCS(=O)(=O)N(C)c1ccc(CC)cc1. The van der Waals surface area contributed by atoms with Crippen LogP contribution in [0.5, 0.6) is 0 Å². The molecule has 0 radical (unpaired) electrons. The summed E-state index contributed by atoms with van der Waals surface area (Å²) in [5, 5.41) is 3.02. The van der Waals surface area contributed by atoms with Gasteiger partial charge in [-0.3, -0.25) is 4.31 Å². The highest BCUT2D eigenvalue weighted by atomic mass is 32.2. The van der Waals surface area contributed by atoms with E-state index in [0.717, 1.165) is 13.0 Å². The van der Waals surface area contributed by atoms with Crippen molar-refractivity contribution < 1.29 is 8.42 Å². The van der Waals surface area contributed by atoms with E-state index in [2.05, 4.69) is 12.2 Å². The van der Waals surface area contributed by atoms with Crippen LogP contribution in [0.2, 0.25) is 0 Å². The maximum atomic E-state index is 12.0. The van der Waals surface area contributed by atoms with Gasteiger partial charge < -0.3 is 5.32 Å². The molecule has 102 valence electrons. The summed E-state index contributed by atoms with van der Waals surface area (Å²) in [5.41, 5.74) is 1.92. The zero-order valence-electron chi connectivity index (χ0n) is 11.3. The van der Waals surface area contributed by atoms with Gasteiger partial charge in [-0.15, -0.1) is 0 Å². The van der Waals surface area contributed by atoms with Crippen molar-refractivity contribution in [2.45, 2.75) is 20.3 Å². The van der Waals surface area contributed by atoms with Gasteiger partial charge in [-0.1, -0.05) is 26.0 Å². The monoisotopic (exact) mass is 270 g/mol. The van der Waals surface area contributed by atoms with E-state index in [1.54, 1.807) is 7.05 Å². The number of anilines is 1. The van der Waals surface area contributed by atoms with Crippen LogP contribution in [0.1, 0.15) is 19.4 Å². The maximum Gasteiger partial charge on any atom is 0.236 e. The van der Waals surface area contributed by atoms with E-state index in [-0.39, 0.29) is 5.75 Å². The molecule has 5 heteroatoms. The third-order valence-electron chi connectivity index (χ3n) is 2.91. The lowest BCUT2D eigenvalue weighted by Gasteiger charge is -2.19. The van der Waals surface area contributed by atoms with Gasteiger partial charge in [0.25, 0.3) is 0 Å². The van der Waals surface area contributed by atoms with Crippen molar-refractivity contribution in [2.24, 2.45) is 0 Å². The molecule has 18 heavy (non-hydrogen) atoms. The molecular weight excluding hydrogens is 248 g/mol. The lowest BCUT2D eigenvalue weighted by Crippen LogP contribution is -2.33. The van der Waals surface area contributed by atoms with Gasteiger partial charge in [-0.25, -0.2) is 8.42 Å². The Hall–Kier alpha value is -1.07. The van der Waals surface area contributed by atoms with Crippen molar-refractivity contribution >= 4 is 15.7 Å². The Labute approximate surface area is 110 Å². The first kappa shape index (κ1) is 15.0. The molecule has 0 saturated heterocycles. The molecule has 0 aliphatic carbocycles. The summed E-state index contributed by atoms with van der Waals surface area (Å²) in [6, 6.07) is 7.63. The number of benzene rings is 1. The van der Waals surface area contributed by atoms with Gasteiger partial charge in [0, 0.05) is 13.6 Å². The van der Waals surface area contributed by atoms with Crippen molar-refractivity contribution in [1.29, 1.82) is 0 Å². The number of hydrogen-bond donors (Lipinski definition) is 1. The summed E-state index contributed by atoms with van der Waals surface area (Å²) >= 11 is 0. The van der Waals surface area contributed by atoms with E-state index in [1.165, 1.54) is 9.87 Å². The van der Waals surface area contributed by atoms with Crippen molar-refractivity contribution in [2.75, 3.05) is 30.2 Å². The molecule has 1 aromatic rings. The summed E-state index contributed by atoms with van der Waals surface area (Å²) in [6.07, 6.45) is 0.956. The minimum atomic E-state index is -3.23. The number of hydrogen-bond acceptors (Lipinski definition) is 3. The lowest BCUT2D eigenvalue weighted by molar-refractivity contribution is 0.590. The predicted molar refractivity (Wildman–Crippen MR) is 76.6 cm³/mol. The highest BCUT2D eigenvalue weighted by Gasteiger charge is 2.17. The number of rotatable bonds is 7. The first-order valence-electron chi connectivity index (χ1n) is 6.27. The van der Waals surface area contributed by atoms with E-state index < -0.39 is 10.0 Å². The van der Waals surface area contributed by atoms with Gasteiger partial charge in [0.2, 0.25) is 10.0 Å². The average molecular weight is 270 g/mol. The fraction of sp³-hybridized carbons (Fsp3) is 0.538. The molecule has 0 heterocycles. The van der Waals surface area contributed by atoms with Crippen molar-refractivity contribution in [1.82, 2.24) is 5.32 Å².